The van der Waals surface area contributed by atoms with Gasteiger partial charge in [-0.15, -0.1) is 0 Å². The van der Waals surface area contributed by atoms with Crippen LogP contribution in [-0.2, 0) is 11.3 Å². The fourth-order valence-electron chi connectivity index (χ4n) is 2.85. The summed E-state index contributed by atoms with van der Waals surface area (Å²) in [7, 11) is 0. The maximum absolute atomic E-state index is 12.4. The number of nitriles is 1. The first-order valence-electron chi connectivity index (χ1n) is 10.0. The minimum atomic E-state index is -0.427. The molecule has 0 atom stereocenters. The lowest BCUT2D eigenvalue weighted by Gasteiger charge is -2.11. The van der Waals surface area contributed by atoms with Crippen molar-refractivity contribution in [3.05, 3.63) is 101 Å². The monoisotopic (exact) mass is 412 g/mol. The summed E-state index contributed by atoms with van der Waals surface area (Å²) in [5.41, 5.74) is 2.81. The molecule has 3 aromatic carbocycles. The SMILES string of the molecule is Cc1ccc(OCCOc2ccccc2C=C(C#N)C(=O)NCc2ccccc2)cc1. The molecule has 0 aliphatic rings. The Balaban J connectivity index is 1.59. The number of hydrogen-bond donors (Lipinski definition) is 1. The van der Waals surface area contributed by atoms with Crippen molar-refractivity contribution in [1.29, 1.82) is 5.26 Å². The van der Waals surface area contributed by atoms with E-state index >= 15 is 0 Å². The maximum atomic E-state index is 12.4. The number of amides is 1. The van der Waals surface area contributed by atoms with Crippen molar-refractivity contribution < 1.29 is 14.3 Å². The number of aryl methyl sites for hydroxylation is 1. The minimum absolute atomic E-state index is 0.0166. The van der Waals surface area contributed by atoms with Gasteiger partial charge in [-0.2, -0.15) is 5.26 Å². The van der Waals surface area contributed by atoms with Crippen molar-refractivity contribution in [2.45, 2.75) is 13.5 Å². The van der Waals surface area contributed by atoms with Crippen molar-refractivity contribution >= 4 is 12.0 Å². The number of benzene rings is 3. The first-order valence-corrected chi connectivity index (χ1v) is 10.0. The van der Waals surface area contributed by atoms with Crippen molar-refractivity contribution in [2.24, 2.45) is 0 Å². The Morgan fingerprint density at radius 2 is 1.61 bits per heavy atom. The Kier molecular flexibility index (Phi) is 7.84. The average molecular weight is 412 g/mol. The smallest absolute Gasteiger partial charge is 0.262 e. The van der Waals surface area contributed by atoms with Gasteiger partial charge in [0.2, 0.25) is 0 Å². The van der Waals surface area contributed by atoms with Crippen LogP contribution in [-0.4, -0.2) is 19.1 Å². The van der Waals surface area contributed by atoms with Gasteiger partial charge in [0.1, 0.15) is 36.4 Å². The third-order valence-corrected chi connectivity index (χ3v) is 4.51. The molecule has 0 spiro atoms. The fourth-order valence-corrected chi connectivity index (χ4v) is 2.85. The molecular formula is C26H24N2O3. The van der Waals surface area contributed by atoms with Crippen LogP contribution in [0, 0.1) is 18.3 Å². The number of carbonyl (C=O) groups excluding carboxylic acids is 1. The molecule has 0 saturated carbocycles. The second kappa shape index (κ2) is 11.2. The number of rotatable bonds is 9. The van der Waals surface area contributed by atoms with E-state index in [4.69, 9.17) is 9.47 Å². The van der Waals surface area contributed by atoms with E-state index in [-0.39, 0.29) is 5.57 Å². The van der Waals surface area contributed by atoms with Crippen LogP contribution in [0.25, 0.3) is 6.08 Å². The molecule has 3 rings (SSSR count). The molecule has 0 aliphatic carbocycles. The predicted octanol–water partition coefficient (Wildman–Crippen LogP) is 4.68. The van der Waals surface area contributed by atoms with E-state index in [2.05, 4.69) is 5.32 Å². The molecule has 0 aliphatic heterocycles. The zero-order chi connectivity index (χ0) is 21.9. The fraction of sp³-hybridized carbons (Fsp3) is 0.154. The highest BCUT2D eigenvalue weighted by Crippen LogP contribution is 2.21. The summed E-state index contributed by atoms with van der Waals surface area (Å²) >= 11 is 0. The second-order valence-electron chi connectivity index (χ2n) is 6.89. The van der Waals surface area contributed by atoms with Gasteiger partial charge in [-0.05, 0) is 36.8 Å². The van der Waals surface area contributed by atoms with Crippen LogP contribution in [0.5, 0.6) is 11.5 Å². The van der Waals surface area contributed by atoms with Gasteiger partial charge in [-0.1, -0.05) is 66.2 Å². The topological polar surface area (TPSA) is 71.3 Å². The minimum Gasteiger partial charge on any atom is -0.490 e. The number of hydrogen-bond acceptors (Lipinski definition) is 4. The molecule has 0 saturated heterocycles. The first kappa shape index (κ1) is 21.7. The number of nitrogens with zero attached hydrogens (tertiary/aromatic N) is 1. The molecule has 3 aromatic rings. The van der Waals surface area contributed by atoms with Gasteiger partial charge in [-0.25, -0.2) is 0 Å². The number of ether oxygens (including phenoxy) is 2. The Morgan fingerprint density at radius 1 is 0.935 bits per heavy atom. The van der Waals surface area contributed by atoms with Gasteiger partial charge in [-0.3, -0.25) is 4.79 Å². The molecule has 156 valence electrons. The Labute approximate surface area is 182 Å². The standard InChI is InChI=1S/C26H24N2O3/c1-20-11-13-24(14-12-20)30-15-16-31-25-10-6-5-9-22(25)17-23(18-27)26(29)28-19-21-7-3-2-4-8-21/h2-14,17H,15-16,19H2,1H3,(H,28,29). The molecule has 0 bridgehead atoms. The summed E-state index contributed by atoms with van der Waals surface area (Å²) in [6.45, 7) is 3.09. The van der Waals surface area contributed by atoms with Crippen LogP contribution < -0.4 is 14.8 Å². The van der Waals surface area contributed by atoms with Crippen LogP contribution in [0.15, 0.2) is 84.4 Å². The molecule has 0 unspecified atom stereocenters. The number of nitrogens with one attached hydrogen (secondary N) is 1. The lowest BCUT2D eigenvalue weighted by molar-refractivity contribution is -0.117. The van der Waals surface area contributed by atoms with Crippen LogP contribution >= 0.6 is 0 Å². The third kappa shape index (κ3) is 6.76. The van der Waals surface area contributed by atoms with Gasteiger partial charge in [0.15, 0.2) is 0 Å². The summed E-state index contributed by atoms with van der Waals surface area (Å²) < 4.78 is 11.5. The number of para-hydroxylation sites is 1. The molecule has 0 fully saturated rings. The Hall–Kier alpha value is -4.04. The first-order chi connectivity index (χ1) is 15.2. The van der Waals surface area contributed by atoms with E-state index in [1.54, 1.807) is 12.1 Å². The van der Waals surface area contributed by atoms with Gasteiger partial charge < -0.3 is 14.8 Å². The molecule has 0 radical (unpaired) electrons. The number of carbonyl (C=O) groups is 1. The van der Waals surface area contributed by atoms with Crippen LogP contribution in [0.1, 0.15) is 16.7 Å². The zero-order valence-corrected chi connectivity index (χ0v) is 17.4. The summed E-state index contributed by atoms with van der Waals surface area (Å²) in [4.78, 5) is 12.4. The van der Waals surface area contributed by atoms with Crippen LogP contribution in [0.4, 0.5) is 0 Å². The highest BCUT2D eigenvalue weighted by atomic mass is 16.5. The average Bonchev–Trinajstić information content (AvgIpc) is 2.81. The lowest BCUT2D eigenvalue weighted by atomic mass is 10.1. The van der Waals surface area contributed by atoms with Gasteiger partial charge in [0, 0.05) is 12.1 Å². The van der Waals surface area contributed by atoms with E-state index in [9.17, 15) is 10.1 Å². The van der Waals surface area contributed by atoms with Crippen LogP contribution in [0.3, 0.4) is 0 Å². The van der Waals surface area contributed by atoms with Crippen molar-refractivity contribution in [3.8, 4) is 17.6 Å². The van der Waals surface area contributed by atoms with Crippen molar-refractivity contribution in [2.75, 3.05) is 13.2 Å². The molecule has 5 heteroatoms. The van der Waals surface area contributed by atoms with Crippen molar-refractivity contribution in [3.63, 3.8) is 0 Å². The van der Waals surface area contributed by atoms with Gasteiger partial charge in [0.25, 0.3) is 5.91 Å². The third-order valence-electron chi connectivity index (χ3n) is 4.51. The normalized spacial score (nSPS) is 10.8. The van der Waals surface area contributed by atoms with E-state index in [0.717, 1.165) is 11.3 Å². The Morgan fingerprint density at radius 3 is 2.35 bits per heavy atom. The maximum Gasteiger partial charge on any atom is 0.262 e. The van der Waals surface area contributed by atoms with E-state index in [0.29, 0.717) is 31.1 Å². The Bertz CT molecular complexity index is 1070. The van der Waals surface area contributed by atoms with Gasteiger partial charge in [0.05, 0.1) is 0 Å². The van der Waals surface area contributed by atoms with Crippen molar-refractivity contribution in [1.82, 2.24) is 5.32 Å². The summed E-state index contributed by atoms with van der Waals surface area (Å²) in [5, 5.41) is 12.2. The summed E-state index contributed by atoms with van der Waals surface area (Å²) in [6.07, 6.45) is 1.54. The molecule has 5 nitrogen and oxygen atoms in total. The van der Waals surface area contributed by atoms with E-state index in [1.165, 1.54) is 11.6 Å². The lowest BCUT2D eigenvalue weighted by Crippen LogP contribution is -2.23. The predicted molar refractivity (Wildman–Crippen MR) is 120 cm³/mol. The molecule has 0 heterocycles. The molecule has 31 heavy (non-hydrogen) atoms. The second-order valence-corrected chi connectivity index (χ2v) is 6.89. The molecule has 0 aromatic heterocycles. The molecule has 1 amide bonds. The quantitative estimate of drug-likeness (QED) is 0.315. The van der Waals surface area contributed by atoms with E-state index in [1.807, 2.05) is 79.7 Å². The van der Waals surface area contributed by atoms with Gasteiger partial charge >= 0.3 is 0 Å². The highest BCUT2D eigenvalue weighted by molar-refractivity contribution is 6.01. The summed E-state index contributed by atoms with van der Waals surface area (Å²) in [6, 6.07) is 26.6. The van der Waals surface area contributed by atoms with Crippen LogP contribution in [0.2, 0.25) is 0 Å². The largest absolute Gasteiger partial charge is 0.490 e. The molecular weight excluding hydrogens is 388 g/mol. The van der Waals surface area contributed by atoms with E-state index < -0.39 is 5.91 Å². The zero-order valence-electron chi connectivity index (χ0n) is 17.4. The highest BCUT2D eigenvalue weighted by Gasteiger charge is 2.11. The summed E-state index contributed by atoms with van der Waals surface area (Å²) in [5.74, 6) is 0.937. The molecule has 1 N–H and O–H groups in total.